The number of carbonyl (C=O) groups is 2. The minimum atomic E-state index is -5.79. The highest BCUT2D eigenvalue weighted by Crippen LogP contribution is 2.66. The van der Waals surface area contributed by atoms with Crippen LogP contribution in [0.25, 0.3) is 16.6 Å². The van der Waals surface area contributed by atoms with Gasteiger partial charge in [-0.1, -0.05) is 50.0 Å². The molecule has 384 valence electrons. The zero-order valence-electron chi connectivity index (χ0n) is 40.3. The summed E-state index contributed by atoms with van der Waals surface area (Å²) in [6, 6.07) is 14.0. The number of phosphoric ester groups is 1. The minimum Gasteiger partial charge on any atom is -0.390 e. The van der Waals surface area contributed by atoms with Crippen LogP contribution in [0.2, 0.25) is 0 Å². The van der Waals surface area contributed by atoms with Crippen molar-refractivity contribution in [3.05, 3.63) is 116 Å². The van der Waals surface area contributed by atoms with Crippen molar-refractivity contribution in [3.63, 3.8) is 0 Å². The molecule has 2 unspecified atom stereocenters. The normalized spacial score (nSPS) is 19.9. The molecule has 7 rings (SSSR count). The highest BCUT2D eigenvalue weighted by molar-refractivity contribution is 7.66. The molecule has 4 aromatic rings. The molecular formula is C46H56N8O15P3+. The Hall–Kier alpha value is -5.82. The first kappa shape index (κ1) is 54.0. The summed E-state index contributed by atoms with van der Waals surface area (Å²) in [6.45, 7) is 3.68. The molecule has 5 atom stereocenters. The van der Waals surface area contributed by atoms with Gasteiger partial charge >= 0.3 is 23.5 Å². The number of phosphoric acid groups is 3. The van der Waals surface area contributed by atoms with Gasteiger partial charge in [-0.05, 0) is 64.1 Å². The van der Waals surface area contributed by atoms with E-state index in [1.807, 2.05) is 52.5 Å². The smallest absolute Gasteiger partial charge is 0.390 e. The number of ether oxygens (including phenoxy) is 1. The predicted octanol–water partition coefficient (Wildman–Crippen LogP) is 3.69. The van der Waals surface area contributed by atoms with E-state index in [9.17, 15) is 43.0 Å². The van der Waals surface area contributed by atoms with Gasteiger partial charge in [-0.2, -0.15) is 13.6 Å². The lowest BCUT2D eigenvalue weighted by molar-refractivity contribution is -0.462. The van der Waals surface area contributed by atoms with Crippen molar-refractivity contribution >= 4 is 69.2 Å². The summed E-state index contributed by atoms with van der Waals surface area (Å²) in [7, 11) is -7.17. The average Bonchev–Trinajstić information content (AvgIpc) is 3.84. The van der Waals surface area contributed by atoms with Crippen LogP contribution in [0.5, 0.6) is 0 Å². The van der Waals surface area contributed by atoms with Gasteiger partial charge in [0.2, 0.25) is 11.9 Å². The SMILES string of the molecule is CN(CCCC(=O)NCC#Cc1cn([C@H]2C[C@H](O)[C@@H](COP(=O)(O)OP(=O)(O)OP(=O)(O)O)O2)c2nc(N)[nH]c(=O)c12)C(=O)c1ccccc1C1=C2C=CC(=[N+](C)C)C=C2C(C)(C)c2cc(N(C)C)ccc21. The molecule has 0 saturated carbocycles. The molecule has 26 heteroatoms. The van der Waals surface area contributed by atoms with E-state index in [-0.39, 0.29) is 65.7 Å². The molecule has 3 heterocycles. The van der Waals surface area contributed by atoms with Crippen LogP contribution in [0.3, 0.4) is 0 Å². The quantitative estimate of drug-likeness (QED) is 0.0451. The van der Waals surface area contributed by atoms with Crippen LogP contribution in [0.4, 0.5) is 11.6 Å². The topological polar surface area (TPSA) is 322 Å². The predicted molar refractivity (Wildman–Crippen MR) is 266 cm³/mol. The van der Waals surface area contributed by atoms with E-state index < -0.39 is 54.1 Å². The highest BCUT2D eigenvalue weighted by atomic mass is 31.3. The van der Waals surface area contributed by atoms with Crippen molar-refractivity contribution in [2.75, 3.05) is 65.6 Å². The number of amides is 2. The van der Waals surface area contributed by atoms with Crippen LogP contribution in [-0.2, 0) is 41.8 Å². The number of carbonyl (C=O) groups excluding carboxylic acids is 2. The van der Waals surface area contributed by atoms with Gasteiger partial charge in [0.1, 0.15) is 26.4 Å². The Bertz CT molecular complexity index is 3250. The Morgan fingerprint density at radius 1 is 1.04 bits per heavy atom. The molecule has 23 nitrogen and oxygen atoms in total. The molecule has 3 aliphatic rings. The molecule has 2 aromatic heterocycles. The number of nitrogen functional groups attached to an aromatic ring is 1. The third-order valence-electron chi connectivity index (χ3n) is 12.2. The molecule has 1 fully saturated rings. The number of aromatic nitrogens is 3. The van der Waals surface area contributed by atoms with Gasteiger partial charge in [0, 0.05) is 75.5 Å². The summed E-state index contributed by atoms with van der Waals surface area (Å²) in [4.78, 5) is 87.4. The summed E-state index contributed by atoms with van der Waals surface area (Å²) < 4.78 is 56.1. The fourth-order valence-electron chi connectivity index (χ4n) is 8.71. The number of allylic oxidation sites excluding steroid dienone is 5. The molecule has 72 heavy (non-hydrogen) atoms. The van der Waals surface area contributed by atoms with Gasteiger partial charge in [0.15, 0.2) is 11.4 Å². The molecule has 2 aromatic carbocycles. The van der Waals surface area contributed by atoms with E-state index in [0.29, 0.717) is 12.0 Å². The standard InChI is InChI=1S/C46H55N8O15P3/c1-46(2)34-22-28(51(3)4)16-18-32(34)41(33-19-17-29(52(5)6)23-35(33)46)30-13-8-9-14-31(30)44(58)53(7)21-11-15-38(56)48-20-10-12-27-25-54(42-40(27)43(57)50-45(47)49-42)39-24-36(55)37(67-39)26-66-71(62,63)69-72(64,65)68-70(59,60)61/h8-9,13-14,16-19,22-23,25,36-37,39,55H,11,15,20-21,24,26H2,1-7H3,(H7-,47,48,49,50,56,57,59,60,61,62,63,64,65)/p+1/t36-,37+,39+/m0/s1. The Kier molecular flexibility index (Phi) is 15.7. The fourth-order valence-corrected chi connectivity index (χ4v) is 11.7. The molecule has 2 amide bonds. The number of nitrogens with one attached hydrogen (secondary N) is 2. The fraction of sp³-hybridized carbons (Fsp3) is 0.370. The Morgan fingerprint density at radius 3 is 2.46 bits per heavy atom. The first-order valence-corrected chi connectivity index (χ1v) is 26.8. The lowest BCUT2D eigenvalue weighted by Gasteiger charge is -2.39. The molecule has 1 aliphatic heterocycles. The maximum atomic E-state index is 14.3. The second-order valence-electron chi connectivity index (χ2n) is 18.1. The first-order chi connectivity index (χ1) is 33.7. The summed E-state index contributed by atoms with van der Waals surface area (Å²) in [5, 5.41) is 13.4. The van der Waals surface area contributed by atoms with Gasteiger partial charge in [-0.3, -0.25) is 23.9 Å². The van der Waals surface area contributed by atoms with Crippen LogP contribution >= 0.6 is 23.5 Å². The van der Waals surface area contributed by atoms with Crippen LogP contribution in [0, 0.1) is 11.8 Å². The Morgan fingerprint density at radius 2 is 1.76 bits per heavy atom. The van der Waals surface area contributed by atoms with Crippen molar-refractivity contribution in [2.24, 2.45) is 0 Å². The van der Waals surface area contributed by atoms with Crippen molar-refractivity contribution in [1.82, 2.24) is 24.8 Å². The maximum Gasteiger partial charge on any atom is 0.490 e. The minimum absolute atomic E-state index is 0.00952. The van der Waals surface area contributed by atoms with Gasteiger partial charge in [-0.25, -0.2) is 18.3 Å². The molecule has 9 N–H and O–H groups in total. The number of hydrogen-bond donors (Lipinski definition) is 8. The molecule has 1 saturated heterocycles. The third-order valence-corrected chi connectivity index (χ3v) is 16.0. The number of aromatic amines is 1. The van der Waals surface area contributed by atoms with Crippen LogP contribution in [-0.4, -0.2) is 133 Å². The molecular weight excluding hydrogens is 997 g/mol. The Balaban J connectivity index is 0.996. The number of anilines is 2. The average molecular weight is 1050 g/mol. The van der Waals surface area contributed by atoms with E-state index in [2.05, 4.69) is 100 Å². The van der Waals surface area contributed by atoms with Crippen molar-refractivity contribution in [3.8, 4) is 11.8 Å². The third kappa shape index (κ3) is 12.0. The van der Waals surface area contributed by atoms with Gasteiger partial charge in [-0.15, -0.1) is 0 Å². The van der Waals surface area contributed by atoms with Gasteiger partial charge in [0.25, 0.3) is 11.5 Å². The summed E-state index contributed by atoms with van der Waals surface area (Å²) >= 11 is 0. The monoisotopic (exact) mass is 1050 g/mol. The van der Waals surface area contributed by atoms with Crippen molar-refractivity contribution < 1.29 is 70.4 Å². The van der Waals surface area contributed by atoms with E-state index in [4.69, 9.17) is 20.3 Å². The lowest BCUT2D eigenvalue weighted by atomic mass is 9.64. The lowest BCUT2D eigenvalue weighted by Crippen LogP contribution is -2.32. The number of nitrogens with zero attached hydrogens (tertiary/aromatic N) is 5. The highest BCUT2D eigenvalue weighted by Gasteiger charge is 2.44. The number of rotatable bonds is 16. The number of H-pyrrole nitrogens is 1. The number of aliphatic hydroxyl groups excluding tert-OH is 1. The zero-order chi connectivity index (χ0) is 52.7. The maximum absolute atomic E-state index is 14.3. The van der Waals surface area contributed by atoms with E-state index >= 15 is 0 Å². The number of aliphatic hydroxyl groups is 1. The molecule has 0 bridgehead atoms. The largest absolute Gasteiger partial charge is 0.490 e. The van der Waals surface area contributed by atoms with E-state index in [0.717, 1.165) is 44.8 Å². The van der Waals surface area contributed by atoms with Crippen molar-refractivity contribution in [1.29, 1.82) is 0 Å². The van der Waals surface area contributed by atoms with Gasteiger partial charge in [0.05, 0.1) is 30.2 Å². The summed E-state index contributed by atoms with van der Waals surface area (Å²) in [6.07, 6.45) is 4.19. The molecule has 0 spiro atoms. The van der Waals surface area contributed by atoms with E-state index in [1.54, 1.807) is 11.9 Å². The number of nitrogens with two attached hydrogens (primary N) is 1. The summed E-state index contributed by atoms with van der Waals surface area (Å²) in [5.74, 6) is 4.84. The molecule has 0 radical (unpaired) electrons. The van der Waals surface area contributed by atoms with E-state index in [1.165, 1.54) is 10.8 Å². The van der Waals surface area contributed by atoms with Crippen LogP contribution < -0.4 is 21.5 Å². The number of benzene rings is 2. The Labute approximate surface area is 413 Å². The second kappa shape index (κ2) is 21.0. The van der Waals surface area contributed by atoms with Crippen molar-refractivity contribution in [2.45, 2.75) is 57.0 Å². The van der Waals surface area contributed by atoms with Gasteiger partial charge < -0.3 is 54.8 Å². The number of hydrogen-bond acceptors (Lipinski definition) is 14. The number of fused-ring (bicyclic) bond motifs is 3. The van der Waals surface area contributed by atoms with Crippen LogP contribution in [0.15, 0.2) is 82.8 Å². The zero-order valence-corrected chi connectivity index (χ0v) is 43.0. The van der Waals surface area contributed by atoms with Crippen LogP contribution in [0.1, 0.15) is 71.9 Å². The molecule has 2 aliphatic carbocycles. The summed E-state index contributed by atoms with van der Waals surface area (Å²) in [5.41, 5.74) is 13.8. The second-order valence-corrected chi connectivity index (χ2v) is 22.5. The first-order valence-electron chi connectivity index (χ1n) is 22.3.